The van der Waals surface area contributed by atoms with Crippen molar-refractivity contribution in [2.75, 3.05) is 14.1 Å². The Labute approximate surface area is 195 Å². The molecule has 33 heavy (non-hydrogen) atoms. The zero-order chi connectivity index (χ0) is 23.4. The Morgan fingerprint density at radius 1 is 0.939 bits per heavy atom. The molecule has 0 fully saturated rings. The number of nitro groups is 1. The minimum Gasteiger partial charge on any atom is -0.348 e. The van der Waals surface area contributed by atoms with Crippen LogP contribution in [0.2, 0.25) is 0 Å². The Kier molecular flexibility index (Phi) is 6.50. The summed E-state index contributed by atoms with van der Waals surface area (Å²) in [6.45, 7) is 0. The Morgan fingerprint density at radius 2 is 1.55 bits per heavy atom. The second-order valence-electron chi connectivity index (χ2n) is 7.42. The topological polar surface area (TPSA) is 94.2 Å². The van der Waals surface area contributed by atoms with Crippen LogP contribution in [0.25, 0.3) is 17.1 Å². The monoisotopic (exact) mass is 459 g/mol. The van der Waals surface area contributed by atoms with Gasteiger partial charge in [-0.3, -0.25) is 19.5 Å². The molecular weight excluding hydrogens is 438 g/mol. The number of non-ortho nitro benzene ring substituents is 1. The van der Waals surface area contributed by atoms with Crippen LogP contribution in [-0.2, 0) is 4.79 Å². The molecule has 0 bridgehead atoms. The number of rotatable bonds is 7. The highest BCUT2D eigenvalue weighted by atomic mass is 32.2. The van der Waals surface area contributed by atoms with Gasteiger partial charge in [-0.1, -0.05) is 60.3 Å². The largest absolute Gasteiger partial charge is 0.348 e. The highest BCUT2D eigenvalue weighted by Crippen LogP contribution is 2.38. The minimum atomic E-state index is -0.516. The molecule has 0 saturated carbocycles. The average Bonchev–Trinajstić information content (AvgIpc) is 3.26. The fourth-order valence-corrected chi connectivity index (χ4v) is 4.50. The van der Waals surface area contributed by atoms with E-state index < -0.39 is 10.2 Å². The molecule has 0 aliphatic carbocycles. The second-order valence-corrected chi connectivity index (χ2v) is 8.49. The predicted molar refractivity (Wildman–Crippen MR) is 127 cm³/mol. The van der Waals surface area contributed by atoms with Crippen LogP contribution in [0.1, 0.15) is 10.8 Å². The molecular formula is C24H21N5O3S. The molecule has 0 aliphatic rings. The number of nitro benzene ring substituents is 1. The summed E-state index contributed by atoms with van der Waals surface area (Å²) in [7, 11) is 3.45. The van der Waals surface area contributed by atoms with Crippen molar-refractivity contribution in [1.29, 1.82) is 0 Å². The maximum atomic E-state index is 13.1. The number of aromatic nitrogens is 3. The fraction of sp³-hybridized carbons (Fsp3) is 0.125. The number of para-hydroxylation sites is 1. The van der Waals surface area contributed by atoms with Crippen molar-refractivity contribution in [3.8, 4) is 17.1 Å². The number of carbonyl (C=O) groups is 1. The van der Waals surface area contributed by atoms with Crippen LogP contribution < -0.4 is 0 Å². The number of benzene rings is 3. The highest BCUT2D eigenvalue weighted by molar-refractivity contribution is 8.00. The van der Waals surface area contributed by atoms with Gasteiger partial charge < -0.3 is 4.90 Å². The van der Waals surface area contributed by atoms with Gasteiger partial charge in [0.05, 0.1) is 4.92 Å². The van der Waals surface area contributed by atoms with Crippen molar-refractivity contribution in [1.82, 2.24) is 19.7 Å². The average molecular weight is 460 g/mol. The maximum Gasteiger partial charge on any atom is 0.269 e. The van der Waals surface area contributed by atoms with Crippen LogP contribution in [0.5, 0.6) is 0 Å². The van der Waals surface area contributed by atoms with E-state index in [1.54, 1.807) is 31.1 Å². The van der Waals surface area contributed by atoms with E-state index >= 15 is 0 Å². The summed E-state index contributed by atoms with van der Waals surface area (Å²) in [6.07, 6.45) is 0. The molecule has 1 heterocycles. The summed E-state index contributed by atoms with van der Waals surface area (Å²) in [6, 6.07) is 25.3. The van der Waals surface area contributed by atoms with E-state index in [2.05, 4.69) is 10.2 Å². The van der Waals surface area contributed by atoms with E-state index in [0.29, 0.717) is 16.5 Å². The smallest absolute Gasteiger partial charge is 0.269 e. The number of nitrogens with zero attached hydrogens (tertiary/aromatic N) is 5. The highest BCUT2D eigenvalue weighted by Gasteiger charge is 2.27. The van der Waals surface area contributed by atoms with Gasteiger partial charge in [0, 0.05) is 37.5 Å². The number of hydrogen-bond acceptors (Lipinski definition) is 6. The summed E-state index contributed by atoms with van der Waals surface area (Å²) in [5.41, 5.74) is 2.36. The molecule has 0 spiro atoms. The van der Waals surface area contributed by atoms with Gasteiger partial charge in [-0.05, 0) is 29.8 Å². The molecule has 0 N–H and O–H groups in total. The van der Waals surface area contributed by atoms with Crippen LogP contribution >= 0.6 is 11.8 Å². The number of hydrogen-bond donors (Lipinski definition) is 0. The third-order valence-electron chi connectivity index (χ3n) is 4.97. The van der Waals surface area contributed by atoms with Crippen molar-refractivity contribution in [3.63, 3.8) is 0 Å². The summed E-state index contributed by atoms with van der Waals surface area (Å²) in [5, 5.41) is 19.9. The lowest BCUT2D eigenvalue weighted by atomic mass is 10.1. The fourth-order valence-electron chi connectivity index (χ4n) is 3.30. The molecule has 166 valence electrons. The quantitative estimate of drug-likeness (QED) is 0.225. The number of carbonyl (C=O) groups excluding carboxylic acids is 1. The molecule has 3 aromatic carbocycles. The first-order valence-electron chi connectivity index (χ1n) is 10.1. The van der Waals surface area contributed by atoms with E-state index in [0.717, 1.165) is 11.3 Å². The lowest BCUT2D eigenvalue weighted by Crippen LogP contribution is -2.27. The SMILES string of the molecule is CN(C)C(=O)C(Sc1nnc(-c2ccc([N+](=O)[O-])cc2)n1-c1ccccc1)c1ccccc1. The molecule has 0 saturated heterocycles. The molecule has 8 nitrogen and oxygen atoms in total. The second kappa shape index (κ2) is 9.66. The molecule has 1 unspecified atom stereocenters. The van der Waals surface area contributed by atoms with Crippen LogP contribution in [-0.4, -0.2) is 44.6 Å². The Balaban J connectivity index is 1.81. The van der Waals surface area contributed by atoms with Crippen LogP contribution in [0.3, 0.4) is 0 Å². The number of amides is 1. The molecule has 1 amide bonds. The standard InChI is InChI=1S/C24H21N5O3S/c1-27(2)23(30)21(17-9-5-3-6-10-17)33-24-26-25-22(28(24)19-11-7-4-8-12-19)18-13-15-20(16-14-18)29(31)32/h3-16,21H,1-2H3. The lowest BCUT2D eigenvalue weighted by Gasteiger charge is -2.20. The van der Waals surface area contributed by atoms with Gasteiger partial charge in [0.2, 0.25) is 5.91 Å². The van der Waals surface area contributed by atoms with E-state index in [1.165, 1.54) is 23.9 Å². The van der Waals surface area contributed by atoms with Gasteiger partial charge in [0.25, 0.3) is 5.69 Å². The Hall–Kier alpha value is -3.98. The maximum absolute atomic E-state index is 13.1. The zero-order valence-corrected chi connectivity index (χ0v) is 18.8. The molecule has 4 aromatic rings. The molecule has 9 heteroatoms. The van der Waals surface area contributed by atoms with Crippen molar-refractivity contribution >= 4 is 23.4 Å². The first-order chi connectivity index (χ1) is 16.0. The van der Waals surface area contributed by atoms with Crippen molar-refractivity contribution in [2.24, 2.45) is 0 Å². The number of likely N-dealkylation sites (N-methyl/N-ethyl adjacent to an activating group) is 1. The number of thioether (sulfide) groups is 1. The van der Waals surface area contributed by atoms with Crippen molar-refractivity contribution in [3.05, 3.63) is 101 Å². The van der Waals surface area contributed by atoms with Crippen LogP contribution in [0.4, 0.5) is 5.69 Å². The summed E-state index contributed by atoms with van der Waals surface area (Å²) in [4.78, 5) is 25.2. The van der Waals surface area contributed by atoms with Gasteiger partial charge in [-0.15, -0.1) is 10.2 Å². The van der Waals surface area contributed by atoms with E-state index in [1.807, 2.05) is 65.2 Å². The summed E-state index contributed by atoms with van der Waals surface area (Å²) in [5.74, 6) is 0.466. The molecule has 0 aliphatic heterocycles. The Morgan fingerprint density at radius 3 is 2.12 bits per heavy atom. The first-order valence-corrected chi connectivity index (χ1v) is 11.0. The van der Waals surface area contributed by atoms with Gasteiger partial charge in [-0.25, -0.2) is 0 Å². The predicted octanol–water partition coefficient (Wildman–Crippen LogP) is 4.76. The third kappa shape index (κ3) is 4.78. The Bertz CT molecular complexity index is 1260. The minimum absolute atomic E-state index is 0.000142. The van der Waals surface area contributed by atoms with E-state index in [4.69, 9.17) is 0 Å². The van der Waals surface area contributed by atoms with Crippen molar-refractivity contribution in [2.45, 2.75) is 10.4 Å². The molecule has 1 aromatic heterocycles. The van der Waals surface area contributed by atoms with Gasteiger partial charge in [-0.2, -0.15) is 0 Å². The van der Waals surface area contributed by atoms with Crippen LogP contribution in [0, 0.1) is 10.1 Å². The normalized spacial score (nSPS) is 11.7. The summed E-state index contributed by atoms with van der Waals surface area (Å²) < 4.78 is 1.87. The zero-order valence-electron chi connectivity index (χ0n) is 18.0. The molecule has 1 atom stereocenters. The van der Waals surface area contributed by atoms with Crippen LogP contribution in [0.15, 0.2) is 90.1 Å². The molecule has 4 rings (SSSR count). The van der Waals surface area contributed by atoms with Gasteiger partial charge >= 0.3 is 0 Å². The molecule has 0 radical (unpaired) electrons. The van der Waals surface area contributed by atoms with E-state index in [9.17, 15) is 14.9 Å². The van der Waals surface area contributed by atoms with E-state index in [-0.39, 0.29) is 11.6 Å². The van der Waals surface area contributed by atoms with Crippen molar-refractivity contribution < 1.29 is 9.72 Å². The third-order valence-corrected chi connectivity index (χ3v) is 6.16. The summed E-state index contributed by atoms with van der Waals surface area (Å²) >= 11 is 1.31. The van der Waals surface area contributed by atoms with Gasteiger partial charge in [0.15, 0.2) is 11.0 Å². The lowest BCUT2D eigenvalue weighted by molar-refractivity contribution is -0.384. The first kappa shape index (κ1) is 22.2. The van der Waals surface area contributed by atoms with Gasteiger partial charge in [0.1, 0.15) is 5.25 Å².